The average molecular weight is 243 g/mol. The minimum atomic E-state index is 0.456. The molecule has 94 valence electrons. The van der Waals surface area contributed by atoms with E-state index in [0.717, 1.165) is 23.3 Å². The van der Waals surface area contributed by atoms with Crippen molar-refractivity contribution in [1.82, 2.24) is 15.3 Å². The second-order valence-corrected chi connectivity index (χ2v) is 4.71. The molecule has 1 unspecified atom stereocenters. The van der Waals surface area contributed by atoms with Crippen molar-refractivity contribution >= 4 is 11.0 Å². The summed E-state index contributed by atoms with van der Waals surface area (Å²) in [5.74, 6) is 0.655. The molecule has 3 rings (SSSR count). The molecular weight excluding hydrogens is 226 g/mol. The number of aryl methyl sites for hydroxylation is 1. The fourth-order valence-electron chi connectivity index (χ4n) is 2.29. The van der Waals surface area contributed by atoms with Crippen LogP contribution < -0.4 is 10.1 Å². The Balaban J connectivity index is 1.80. The van der Waals surface area contributed by atoms with E-state index in [1.54, 1.807) is 0 Å². The van der Waals surface area contributed by atoms with Crippen LogP contribution in [0.5, 0.6) is 5.88 Å². The molecule has 2 heterocycles. The summed E-state index contributed by atoms with van der Waals surface area (Å²) in [5, 5.41) is 3.41. The summed E-state index contributed by atoms with van der Waals surface area (Å²) in [6.07, 6.45) is 2.41. The van der Waals surface area contributed by atoms with Crippen LogP contribution in [0.25, 0.3) is 11.0 Å². The van der Waals surface area contributed by atoms with E-state index in [0.29, 0.717) is 18.5 Å². The van der Waals surface area contributed by atoms with Gasteiger partial charge in [-0.1, -0.05) is 12.1 Å². The zero-order valence-electron chi connectivity index (χ0n) is 10.5. The molecule has 0 saturated carbocycles. The van der Waals surface area contributed by atoms with Gasteiger partial charge in [-0.05, 0) is 38.4 Å². The standard InChI is InChI=1S/C14H17N3O/c1-10-14(18-9-11-5-4-8-15-11)17-13-7-3-2-6-12(13)16-10/h2-3,6-7,11,15H,4-5,8-9H2,1H3. The summed E-state index contributed by atoms with van der Waals surface area (Å²) in [5.41, 5.74) is 2.66. The molecular formula is C14H17N3O. The maximum absolute atomic E-state index is 5.79. The lowest BCUT2D eigenvalue weighted by molar-refractivity contribution is 0.265. The minimum Gasteiger partial charge on any atom is -0.475 e. The quantitative estimate of drug-likeness (QED) is 0.896. The lowest BCUT2D eigenvalue weighted by Crippen LogP contribution is -2.28. The predicted molar refractivity (Wildman–Crippen MR) is 70.8 cm³/mol. The van der Waals surface area contributed by atoms with E-state index in [2.05, 4.69) is 15.3 Å². The molecule has 1 atom stereocenters. The molecule has 0 bridgehead atoms. The molecule has 2 aromatic rings. The summed E-state index contributed by atoms with van der Waals surface area (Å²) in [4.78, 5) is 9.04. The van der Waals surface area contributed by atoms with Crippen LogP contribution in [-0.2, 0) is 0 Å². The number of rotatable bonds is 3. The first-order valence-electron chi connectivity index (χ1n) is 6.42. The van der Waals surface area contributed by atoms with Crippen LogP contribution in [0, 0.1) is 6.92 Å². The molecule has 0 amide bonds. The number of hydrogen-bond donors (Lipinski definition) is 1. The monoisotopic (exact) mass is 243 g/mol. The molecule has 0 spiro atoms. The number of para-hydroxylation sites is 2. The Hall–Kier alpha value is -1.68. The highest BCUT2D eigenvalue weighted by Crippen LogP contribution is 2.18. The van der Waals surface area contributed by atoms with E-state index in [4.69, 9.17) is 4.74 Å². The first kappa shape index (κ1) is 11.4. The Morgan fingerprint density at radius 1 is 1.28 bits per heavy atom. The summed E-state index contributed by atoms with van der Waals surface area (Å²) in [7, 11) is 0. The average Bonchev–Trinajstić information content (AvgIpc) is 2.89. The fraction of sp³-hybridized carbons (Fsp3) is 0.429. The second kappa shape index (κ2) is 4.90. The van der Waals surface area contributed by atoms with Gasteiger partial charge < -0.3 is 10.1 Å². The molecule has 1 aliphatic heterocycles. The van der Waals surface area contributed by atoms with E-state index in [1.165, 1.54) is 12.8 Å². The van der Waals surface area contributed by atoms with Gasteiger partial charge in [0.25, 0.3) is 0 Å². The van der Waals surface area contributed by atoms with Crippen LogP contribution in [0.4, 0.5) is 0 Å². The first-order valence-corrected chi connectivity index (χ1v) is 6.42. The van der Waals surface area contributed by atoms with Gasteiger partial charge in [0.2, 0.25) is 5.88 Å². The molecule has 1 aliphatic rings. The normalized spacial score (nSPS) is 19.3. The van der Waals surface area contributed by atoms with Crippen molar-refractivity contribution in [3.05, 3.63) is 30.0 Å². The summed E-state index contributed by atoms with van der Waals surface area (Å²) in [6, 6.07) is 8.33. The van der Waals surface area contributed by atoms with Crippen LogP contribution in [0.2, 0.25) is 0 Å². The number of nitrogens with zero attached hydrogens (tertiary/aromatic N) is 2. The SMILES string of the molecule is Cc1nc2ccccc2nc1OCC1CCCN1. The maximum Gasteiger partial charge on any atom is 0.236 e. The zero-order valence-corrected chi connectivity index (χ0v) is 10.5. The van der Waals surface area contributed by atoms with Crippen LogP contribution >= 0.6 is 0 Å². The third-order valence-corrected chi connectivity index (χ3v) is 3.29. The van der Waals surface area contributed by atoms with Gasteiger partial charge in [0.1, 0.15) is 12.3 Å². The number of aromatic nitrogens is 2. The highest BCUT2D eigenvalue weighted by molar-refractivity contribution is 5.74. The Morgan fingerprint density at radius 2 is 2.06 bits per heavy atom. The molecule has 0 radical (unpaired) electrons. The molecule has 1 N–H and O–H groups in total. The Morgan fingerprint density at radius 3 is 2.78 bits per heavy atom. The number of fused-ring (bicyclic) bond motifs is 1. The van der Waals surface area contributed by atoms with Crippen molar-refractivity contribution in [2.24, 2.45) is 0 Å². The van der Waals surface area contributed by atoms with Gasteiger partial charge in [-0.15, -0.1) is 0 Å². The van der Waals surface area contributed by atoms with Gasteiger partial charge >= 0.3 is 0 Å². The first-order chi connectivity index (χ1) is 8.83. The lowest BCUT2D eigenvalue weighted by atomic mass is 10.2. The van der Waals surface area contributed by atoms with Crippen molar-refractivity contribution in [2.75, 3.05) is 13.2 Å². The predicted octanol–water partition coefficient (Wildman–Crippen LogP) is 2.07. The van der Waals surface area contributed by atoms with Crippen molar-refractivity contribution < 1.29 is 4.74 Å². The highest BCUT2D eigenvalue weighted by Gasteiger charge is 2.15. The number of benzene rings is 1. The molecule has 4 nitrogen and oxygen atoms in total. The van der Waals surface area contributed by atoms with Crippen LogP contribution in [0.15, 0.2) is 24.3 Å². The molecule has 1 aromatic heterocycles. The molecule has 4 heteroatoms. The third-order valence-electron chi connectivity index (χ3n) is 3.29. The summed E-state index contributed by atoms with van der Waals surface area (Å²) in [6.45, 7) is 3.71. The maximum atomic E-state index is 5.79. The number of nitrogens with one attached hydrogen (secondary N) is 1. The minimum absolute atomic E-state index is 0.456. The van der Waals surface area contributed by atoms with Crippen LogP contribution in [0.3, 0.4) is 0 Å². The lowest BCUT2D eigenvalue weighted by Gasteiger charge is -2.13. The van der Waals surface area contributed by atoms with Gasteiger partial charge in [-0.2, -0.15) is 0 Å². The Kier molecular flexibility index (Phi) is 3.11. The Labute approximate surface area is 106 Å². The summed E-state index contributed by atoms with van der Waals surface area (Å²) >= 11 is 0. The molecule has 1 saturated heterocycles. The largest absolute Gasteiger partial charge is 0.475 e. The van der Waals surface area contributed by atoms with E-state index in [-0.39, 0.29) is 0 Å². The van der Waals surface area contributed by atoms with Crippen LogP contribution in [-0.4, -0.2) is 29.2 Å². The highest BCUT2D eigenvalue weighted by atomic mass is 16.5. The van der Waals surface area contributed by atoms with Gasteiger partial charge in [0.15, 0.2) is 0 Å². The zero-order chi connectivity index (χ0) is 12.4. The smallest absolute Gasteiger partial charge is 0.236 e. The van der Waals surface area contributed by atoms with Crippen molar-refractivity contribution in [2.45, 2.75) is 25.8 Å². The van der Waals surface area contributed by atoms with E-state index >= 15 is 0 Å². The van der Waals surface area contributed by atoms with Crippen molar-refractivity contribution in [3.63, 3.8) is 0 Å². The molecule has 18 heavy (non-hydrogen) atoms. The molecule has 1 fully saturated rings. The summed E-state index contributed by atoms with van der Waals surface area (Å²) < 4.78 is 5.79. The van der Waals surface area contributed by atoms with E-state index in [9.17, 15) is 0 Å². The van der Waals surface area contributed by atoms with Crippen LogP contribution in [0.1, 0.15) is 18.5 Å². The second-order valence-electron chi connectivity index (χ2n) is 4.71. The van der Waals surface area contributed by atoms with E-state index < -0.39 is 0 Å². The molecule has 0 aliphatic carbocycles. The third kappa shape index (κ3) is 2.29. The number of hydrogen-bond acceptors (Lipinski definition) is 4. The Bertz CT molecular complexity index is 550. The van der Waals surface area contributed by atoms with Crippen molar-refractivity contribution in [1.29, 1.82) is 0 Å². The number of ether oxygens (including phenoxy) is 1. The molecule has 1 aromatic carbocycles. The fourth-order valence-corrected chi connectivity index (χ4v) is 2.29. The van der Waals surface area contributed by atoms with Crippen molar-refractivity contribution in [3.8, 4) is 5.88 Å². The van der Waals surface area contributed by atoms with E-state index in [1.807, 2.05) is 31.2 Å². The van der Waals surface area contributed by atoms with Gasteiger partial charge in [-0.3, -0.25) is 0 Å². The van der Waals surface area contributed by atoms with Gasteiger partial charge in [0, 0.05) is 6.04 Å². The van der Waals surface area contributed by atoms with Gasteiger partial charge in [0.05, 0.1) is 11.0 Å². The topological polar surface area (TPSA) is 47.0 Å². The van der Waals surface area contributed by atoms with Gasteiger partial charge in [-0.25, -0.2) is 9.97 Å².